The number of benzene rings is 2. The number of amides is 2. The first kappa shape index (κ1) is 17.2. The molecule has 2 aromatic carbocycles. The van der Waals surface area contributed by atoms with Gasteiger partial charge in [0.1, 0.15) is 0 Å². The highest BCUT2D eigenvalue weighted by molar-refractivity contribution is 7.90. The van der Waals surface area contributed by atoms with E-state index in [2.05, 4.69) is 10.6 Å². The first-order chi connectivity index (χ1) is 11.8. The fourth-order valence-corrected chi connectivity index (χ4v) is 2.97. The van der Waals surface area contributed by atoms with E-state index in [1.165, 1.54) is 12.1 Å². The van der Waals surface area contributed by atoms with Gasteiger partial charge in [-0.15, -0.1) is 0 Å². The second kappa shape index (κ2) is 6.68. The molecule has 130 valence electrons. The Hall–Kier alpha value is -2.67. The summed E-state index contributed by atoms with van der Waals surface area (Å²) in [4.78, 5) is 24.1. The Balaban J connectivity index is 1.68. The molecule has 0 atom stereocenters. The van der Waals surface area contributed by atoms with Gasteiger partial charge in [0, 0.05) is 29.1 Å². The van der Waals surface area contributed by atoms with Crippen LogP contribution in [0, 0.1) is 5.92 Å². The third-order valence-corrected chi connectivity index (χ3v) is 4.99. The number of carbonyl (C=O) groups excluding carboxylic acids is 2. The minimum absolute atomic E-state index is 0.00907. The van der Waals surface area contributed by atoms with Gasteiger partial charge in [-0.3, -0.25) is 9.59 Å². The summed E-state index contributed by atoms with van der Waals surface area (Å²) in [7, 11) is -3.34. The highest BCUT2D eigenvalue weighted by atomic mass is 32.2. The first-order valence-electron chi connectivity index (χ1n) is 7.85. The molecule has 3 rings (SSSR count). The van der Waals surface area contributed by atoms with Crippen LogP contribution in [0.25, 0.3) is 0 Å². The maximum absolute atomic E-state index is 12.3. The average molecular weight is 358 g/mol. The first-order valence-corrected chi connectivity index (χ1v) is 9.74. The monoisotopic (exact) mass is 358 g/mol. The Labute approximate surface area is 146 Å². The molecule has 1 aliphatic carbocycles. The van der Waals surface area contributed by atoms with Gasteiger partial charge < -0.3 is 10.6 Å². The van der Waals surface area contributed by atoms with Crippen molar-refractivity contribution >= 4 is 33.0 Å². The zero-order valence-electron chi connectivity index (χ0n) is 13.7. The molecule has 2 amide bonds. The number of rotatable bonds is 5. The van der Waals surface area contributed by atoms with E-state index in [9.17, 15) is 18.0 Å². The fraction of sp³-hybridized carbons (Fsp3) is 0.222. The maximum Gasteiger partial charge on any atom is 0.255 e. The normalized spacial score (nSPS) is 14.0. The Morgan fingerprint density at radius 2 is 1.64 bits per heavy atom. The van der Waals surface area contributed by atoms with Gasteiger partial charge >= 0.3 is 0 Å². The Morgan fingerprint density at radius 3 is 2.24 bits per heavy atom. The molecule has 0 bridgehead atoms. The number of hydrogen-bond acceptors (Lipinski definition) is 4. The van der Waals surface area contributed by atoms with E-state index >= 15 is 0 Å². The second-order valence-corrected chi connectivity index (χ2v) is 8.11. The lowest BCUT2D eigenvalue weighted by atomic mass is 10.2. The van der Waals surface area contributed by atoms with Crippen molar-refractivity contribution in [2.45, 2.75) is 17.7 Å². The summed E-state index contributed by atoms with van der Waals surface area (Å²) >= 11 is 0. The minimum atomic E-state index is -3.34. The lowest BCUT2D eigenvalue weighted by molar-refractivity contribution is -0.117. The molecule has 0 heterocycles. The van der Waals surface area contributed by atoms with Crippen LogP contribution in [-0.4, -0.2) is 26.5 Å². The van der Waals surface area contributed by atoms with Gasteiger partial charge in [-0.2, -0.15) is 0 Å². The molecule has 2 aromatic rings. The van der Waals surface area contributed by atoms with Gasteiger partial charge in [-0.1, -0.05) is 6.07 Å². The van der Waals surface area contributed by atoms with Gasteiger partial charge in [0.05, 0.1) is 4.90 Å². The zero-order valence-corrected chi connectivity index (χ0v) is 14.5. The number of hydrogen-bond donors (Lipinski definition) is 2. The van der Waals surface area contributed by atoms with Gasteiger partial charge in [-0.05, 0) is 55.3 Å². The van der Waals surface area contributed by atoms with Crippen molar-refractivity contribution in [1.29, 1.82) is 0 Å². The van der Waals surface area contributed by atoms with Gasteiger partial charge in [-0.25, -0.2) is 8.42 Å². The smallest absolute Gasteiger partial charge is 0.255 e. The van der Waals surface area contributed by atoms with Gasteiger partial charge in [0.15, 0.2) is 9.84 Å². The SMILES string of the molecule is CS(=O)(=O)c1cccc(NC(=O)c2ccc(NC(=O)C3CC3)cc2)c1. The summed E-state index contributed by atoms with van der Waals surface area (Å²) in [5.74, 6) is -0.231. The predicted molar refractivity (Wildman–Crippen MR) is 95.3 cm³/mol. The fourth-order valence-electron chi connectivity index (χ4n) is 2.30. The molecule has 1 aliphatic rings. The quantitative estimate of drug-likeness (QED) is 0.859. The van der Waals surface area contributed by atoms with Crippen LogP contribution in [0.15, 0.2) is 53.4 Å². The van der Waals surface area contributed by atoms with E-state index < -0.39 is 9.84 Å². The molecule has 0 spiro atoms. The molecule has 0 aliphatic heterocycles. The van der Waals surface area contributed by atoms with E-state index in [-0.39, 0.29) is 22.6 Å². The molecule has 0 saturated heterocycles. The Bertz CT molecular complexity index is 916. The molecule has 7 heteroatoms. The highest BCUT2D eigenvalue weighted by Gasteiger charge is 2.29. The molecule has 25 heavy (non-hydrogen) atoms. The topological polar surface area (TPSA) is 92.3 Å². The van der Waals surface area contributed by atoms with Crippen molar-refractivity contribution in [3.8, 4) is 0 Å². The standard InChI is InChI=1S/C18H18N2O4S/c1-25(23,24)16-4-2-3-15(11-16)20-18(22)13-7-9-14(10-8-13)19-17(21)12-5-6-12/h2-4,7-12H,5-6H2,1H3,(H,19,21)(H,20,22). The van der Waals surface area contributed by atoms with Crippen LogP contribution in [0.5, 0.6) is 0 Å². The summed E-state index contributed by atoms with van der Waals surface area (Å²) in [6.45, 7) is 0. The summed E-state index contributed by atoms with van der Waals surface area (Å²) in [5.41, 5.74) is 1.46. The summed E-state index contributed by atoms with van der Waals surface area (Å²) < 4.78 is 23.1. The number of nitrogens with one attached hydrogen (secondary N) is 2. The summed E-state index contributed by atoms with van der Waals surface area (Å²) in [6, 6.07) is 12.6. The van der Waals surface area contributed by atoms with Crippen LogP contribution >= 0.6 is 0 Å². The van der Waals surface area contributed by atoms with Crippen LogP contribution < -0.4 is 10.6 Å². The van der Waals surface area contributed by atoms with Crippen LogP contribution in [0.3, 0.4) is 0 Å². The lowest BCUT2D eigenvalue weighted by Crippen LogP contribution is -2.14. The van der Waals surface area contributed by atoms with Crippen molar-refractivity contribution < 1.29 is 18.0 Å². The highest BCUT2D eigenvalue weighted by Crippen LogP contribution is 2.30. The zero-order chi connectivity index (χ0) is 18.0. The molecule has 0 aromatic heterocycles. The van der Waals surface area contributed by atoms with E-state index in [0.717, 1.165) is 19.1 Å². The third kappa shape index (κ3) is 4.45. The molecule has 1 saturated carbocycles. The summed E-state index contributed by atoms with van der Waals surface area (Å²) in [5, 5.41) is 5.47. The maximum atomic E-state index is 12.3. The van der Waals surface area contributed by atoms with E-state index in [1.54, 1.807) is 36.4 Å². The van der Waals surface area contributed by atoms with Gasteiger partial charge in [0.2, 0.25) is 5.91 Å². The minimum Gasteiger partial charge on any atom is -0.326 e. The largest absolute Gasteiger partial charge is 0.326 e. The summed E-state index contributed by atoms with van der Waals surface area (Å²) in [6.07, 6.45) is 2.97. The molecule has 0 radical (unpaired) electrons. The average Bonchev–Trinajstić information content (AvgIpc) is 3.40. The Morgan fingerprint density at radius 1 is 0.960 bits per heavy atom. The predicted octanol–water partition coefficient (Wildman–Crippen LogP) is 2.69. The van der Waals surface area contributed by atoms with Crippen LogP contribution in [-0.2, 0) is 14.6 Å². The molecular formula is C18H18N2O4S. The number of sulfone groups is 1. The van der Waals surface area contributed by atoms with Crippen molar-refractivity contribution in [3.63, 3.8) is 0 Å². The van der Waals surface area contributed by atoms with Crippen molar-refractivity contribution in [3.05, 3.63) is 54.1 Å². The Kier molecular flexibility index (Phi) is 4.59. The van der Waals surface area contributed by atoms with E-state index in [4.69, 9.17) is 0 Å². The van der Waals surface area contributed by atoms with Crippen LogP contribution in [0.1, 0.15) is 23.2 Å². The van der Waals surface area contributed by atoms with Crippen molar-refractivity contribution in [2.24, 2.45) is 5.92 Å². The van der Waals surface area contributed by atoms with Crippen LogP contribution in [0.2, 0.25) is 0 Å². The number of anilines is 2. The second-order valence-electron chi connectivity index (χ2n) is 6.09. The van der Waals surface area contributed by atoms with E-state index in [0.29, 0.717) is 16.9 Å². The molecule has 0 unspecified atom stereocenters. The van der Waals surface area contributed by atoms with Crippen LogP contribution in [0.4, 0.5) is 11.4 Å². The molecule has 2 N–H and O–H groups in total. The number of carbonyl (C=O) groups is 2. The molecule has 1 fully saturated rings. The third-order valence-electron chi connectivity index (χ3n) is 3.88. The van der Waals surface area contributed by atoms with E-state index in [1.807, 2.05) is 0 Å². The van der Waals surface area contributed by atoms with Crippen molar-refractivity contribution in [1.82, 2.24) is 0 Å². The van der Waals surface area contributed by atoms with Gasteiger partial charge in [0.25, 0.3) is 5.91 Å². The molecular weight excluding hydrogens is 340 g/mol. The lowest BCUT2D eigenvalue weighted by Gasteiger charge is -2.08. The molecule has 6 nitrogen and oxygen atoms in total. The van der Waals surface area contributed by atoms with Crippen molar-refractivity contribution in [2.75, 3.05) is 16.9 Å².